The number of hydrogen-bond acceptors (Lipinski definition) is 4. The minimum Gasteiger partial charge on any atom is -0.507 e. The second kappa shape index (κ2) is 6.89. The van der Waals surface area contributed by atoms with Crippen LogP contribution in [-0.2, 0) is 6.18 Å². The Morgan fingerprint density at radius 2 is 1.79 bits per heavy atom. The smallest absolute Gasteiger partial charge is 0.416 e. The largest absolute Gasteiger partial charge is 0.507 e. The molecule has 9 heteroatoms. The van der Waals surface area contributed by atoms with Crippen molar-refractivity contribution in [2.75, 3.05) is 0 Å². The van der Waals surface area contributed by atoms with E-state index in [4.69, 9.17) is 11.6 Å². The van der Waals surface area contributed by atoms with Gasteiger partial charge in [0, 0.05) is 29.0 Å². The van der Waals surface area contributed by atoms with Crippen LogP contribution in [-0.4, -0.2) is 25.5 Å². The molecule has 146 valence electrons. The Hall–Kier alpha value is -3.39. The highest BCUT2D eigenvalue weighted by Crippen LogP contribution is 2.33. The topological polar surface area (TPSA) is 67.5 Å². The Labute approximate surface area is 167 Å². The van der Waals surface area contributed by atoms with Gasteiger partial charge in [0.1, 0.15) is 5.75 Å². The number of rotatable bonds is 3. The molecule has 4 rings (SSSR count). The van der Waals surface area contributed by atoms with Crippen molar-refractivity contribution >= 4 is 23.0 Å². The van der Waals surface area contributed by atoms with Crippen molar-refractivity contribution in [2.45, 2.75) is 6.18 Å². The molecule has 0 fully saturated rings. The maximum atomic E-state index is 12.9. The number of alkyl halides is 3. The summed E-state index contributed by atoms with van der Waals surface area (Å²) in [6, 6.07) is 10.8. The number of phenolic OH excluding ortho intramolecular Hbond substituents is 1. The van der Waals surface area contributed by atoms with Gasteiger partial charge < -0.3 is 5.11 Å². The normalized spacial score (nSPS) is 11.7. The van der Waals surface area contributed by atoms with E-state index in [1.165, 1.54) is 16.9 Å². The molecule has 0 spiro atoms. The second-order valence-electron chi connectivity index (χ2n) is 6.24. The van der Waals surface area contributed by atoms with Crippen LogP contribution in [0.5, 0.6) is 5.75 Å². The van der Waals surface area contributed by atoms with Gasteiger partial charge in [-0.25, -0.2) is 9.50 Å². The van der Waals surface area contributed by atoms with Gasteiger partial charge in [0.15, 0.2) is 11.4 Å². The van der Waals surface area contributed by atoms with Crippen molar-refractivity contribution in [3.8, 4) is 17.0 Å². The number of aromatic nitrogens is 3. The van der Waals surface area contributed by atoms with Gasteiger partial charge in [0.25, 0.3) is 0 Å². The third kappa shape index (κ3) is 3.66. The molecule has 1 N–H and O–H groups in total. The van der Waals surface area contributed by atoms with E-state index in [9.17, 15) is 23.1 Å². The number of nitrogens with zero attached hydrogens (tertiary/aromatic N) is 3. The molecule has 29 heavy (non-hydrogen) atoms. The molecule has 4 aromatic rings. The summed E-state index contributed by atoms with van der Waals surface area (Å²) in [5, 5.41) is 14.8. The van der Waals surface area contributed by atoms with Crippen LogP contribution in [0.2, 0.25) is 5.02 Å². The van der Waals surface area contributed by atoms with Gasteiger partial charge in [-0.15, -0.1) is 0 Å². The van der Waals surface area contributed by atoms with Crippen molar-refractivity contribution < 1.29 is 23.1 Å². The lowest BCUT2D eigenvalue weighted by Gasteiger charge is -2.10. The molecule has 2 aromatic heterocycles. The van der Waals surface area contributed by atoms with E-state index in [1.807, 2.05) is 0 Å². The van der Waals surface area contributed by atoms with E-state index in [-0.39, 0.29) is 5.56 Å². The predicted octanol–water partition coefficient (Wildman–Crippen LogP) is 5.01. The molecule has 5 nitrogen and oxygen atoms in total. The van der Waals surface area contributed by atoms with Gasteiger partial charge in [0.2, 0.25) is 0 Å². The SMILES string of the molecule is O=C(c1cnc2cc(-c3ccc(Cl)cc3)nn2c1)c1cc(C(F)(F)F)ccc1O. The maximum Gasteiger partial charge on any atom is 0.416 e. The molecule has 2 heterocycles. The lowest BCUT2D eigenvalue weighted by molar-refractivity contribution is -0.137. The fourth-order valence-electron chi connectivity index (χ4n) is 2.81. The van der Waals surface area contributed by atoms with Crippen molar-refractivity contribution in [1.29, 1.82) is 0 Å². The third-order valence-electron chi connectivity index (χ3n) is 4.28. The number of benzene rings is 2. The molecule has 0 bridgehead atoms. The lowest BCUT2D eigenvalue weighted by atomic mass is 10.0. The Morgan fingerprint density at radius 1 is 1.07 bits per heavy atom. The number of phenols is 1. The van der Waals surface area contributed by atoms with E-state index >= 15 is 0 Å². The van der Waals surface area contributed by atoms with Crippen LogP contribution in [0.15, 0.2) is 60.9 Å². The molecular formula is C20H11ClF3N3O2. The molecule has 0 saturated carbocycles. The number of carbonyl (C=O) groups excluding carboxylic acids is 1. The average Bonchev–Trinajstić information content (AvgIpc) is 3.10. The number of carbonyl (C=O) groups is 1. The van der Waals surface area contributed by atoms with Crippen LogP contribution in [0.3, 0.4) is 0 Å². The number of hydrogen-bond donors (Lipinski definition) is 1. The minimum absolute atomic E-state index is 0.0159. The maximum absolute atomic E-state index is 12.9. The first kappa shape index (κ1) is 18.9. The van der Waals surface area contributed by atoms with Crippen LogP contribution in [0, 0.1) is 0 Å². The minimum atomic E-state index is -4.64. The van der Waals surface area contributed by atoms with E-state index in [0.29, 0.717) is 28.5 Å². The summed E-state index contributed by atoms with van der Waals surface area (Å²) < 4.78 is 40.2. The first-order valence-corrected chi connectivity index (χ1v) is 8.66. The zero-order valence-corrected chi connectivity index (χ0v) is 15.2. The highest BCUT2D eigenvalue weighted by molar-refractivity contribution is 6.30. The van der Waals surface area contributed by atoms with Gasteiger partial charge in [-0.2, -0.15) is 18.3 Å². The van der Waals surface area contributed by atoms with E-state index < -0.39 is 28.8 Å². The van der Waals surface area contributed by atoms with E-state index in [1.54, 1.807) is 30.3 Å². The summed E-state index contributed by atoms with van der Waals surface area (Å²) in [7, 11) is 0. The summed E-state index contributed by atoms with van der Waals surface area (Å²) in [5.74, 6) is -1.35. The highest BCUT2D eigenvalue weighted by Gasteiger charge is 2.32. The molecule has 0 aliphatic heterocycles. The first-order chi connectivity index (χ1) is 13.7. The summed E-state index contributed by atoms with van der Waals surface area (Å²) in [5.41, 5.74) is 0.296. The summed E-state index contributed by atoms with van der Waals surface area (Å²) in [6.45, 7) is 0. The Bertz CT molecular complexity index is 1230. The predicted molar refractivity (Wildman–Crippen MR) is 100.0 cm³/mol. The van der Waals surface area contributed by atoms with Gasteiger partial charge in [-0.05, 0) is 30.3 Å². The molecule has 2 aromatic carbocycles. The first-order valence-electron chi connectivity index (χ1n) is 8.28. The van der Waals surface area contributed by atoms with Gasteiger partial charge in [0.05, 0.1) is 22.4 Å². The van der Waals surface area contributed by atoms with Crippen molar-refractivity contribution in [1.82, 2.24) is 14.6 Å². The van der Waals surface area contributed by atoms with E-state index in [0.717, 1.165) is 11.6 Å². The van der Waals surface area contributed by atoms with Crippen LogP contribution in [0.4, 0.5) is 13.2 Å². The summed E-state index contributed by atoms with van der Waals surface area (Å²) in [4.78, 5) is 16.8. The van der Waals surface area contributed by atoms with Crippen LogP contribution >= 0.6 is 11.6 Å². The quantitative estimate of drug-likeness (QED) is 0.476. The molecule has 0 aliphatic rings. The molecule has 0 unspecified atom stereocenters. The van der Waals surface area contributed by atoms with Gasteiger partial charge in [-0.1, -0.05) is 23.7 Å². The molecule has 0 amide bonds. The Kier molecular flexibility index (Phi) is 4.50. The van der Waals surface area contributed by atoms with Gasteiger partial charge >= 0.3 is 6.18 Å². The molecule has 0 saturated heterocycles. The molecule has 0 atom stereocenters. The molecule has 0 radical (unpaired) electrons. The zero-order chi connectivity index (χ0) is 20.8. The summed E-state index contributed by atoms with van der Waals surface area (Å²) in [6.07, 6.45) is -2.06. The van der Waals surface area contributed by atoms with Crippen LogP contribution in [0.1, 0.15) is 21.5 Å². The average molecular weight is 418 g/mol. The summed E-state index contributed by atoms with van der Waals surface area (Å²) >= 11 is 5.88. The highest BCUT2D eigenvalue weighted by atomic mass is 35.5. The van der Waals surface area contributed by atoms with Crippen LogP contribution < -0.4 is 0 Å². The van der Waals surface area contributed by atoms with Crippen LogP contribution in [0.25, 0.3) is 16.9 Å². The van der Waals surface area contributed by atoms with Gasteiger partial charge in [-0.3, -0.25) is 4.79 Å². The monoisotopic (exact) mass is 417 g/mol. The van der Waals surface area contributed by atoms with Crippen molar-refractivity contribution in [3.63, 3.8) is 0 Å². The lowest BCUT2D eigenvalue weighted by Crippen LogP contribution is -2.09. The fourth-order valence-corrected chi connectivity index (χ4v) is 2.93. The van der Waals surface area contributed by atoms with E-state index in [2.05, 4.69) is 10.1 Å². The zero-order valence-electron chi connectivity index (χ0n) is 14.5. The fraction of sp³-hybridized carbons (Fsp3) is 0.0500. The Morgan fingerprint density at radius 3 is 2.48 bits per heavy atom. The second-order valence-corrected chi connectivity index (χ2v) is 6.68. The van der Waals surface area contributed by atoms with Crippen molar-refractivity contribution in [3.05, 3.63) is 82.6 Å². The number of ketones is 1. The third-order valence-corrected chi connectivity index (χ3v) is 4.54. The Balaban J connectivity index is 1.73. The molecular weight excluding hydrogens is 407 g/mol. The number of aromatic hydroxyl groups is 1. The number of halogens is 4. The molecule has 0 aliphatic carbocycles. The number of fused-ring (bicyclic) bond motifs is 1. The van der Waals surface area contributed by atoms with Crippen molar-refractivity contribution in [2.24, 2.45) is 0 Å². The standard InChI is InChI=1S/C20H11ClF3N3O2/c21-14-4-1-11(2-5-14)16-8-18-25-9-12(10-27(18)26-16)19(29)15-7-13(20(22,23)24)3-6-17(15)28/h1-10,28H.